The summed E-state index contributed by atoms with van der Waals surface area (Å²) in [7, 11) is 0. The molecule has 0 spiro atoms. The number of aldehydes is 1. The van der Waals surface area contributed by atoms with Crippen LogP contribution in [0.3, 0.4) is 0 Å². The number of benzene rings is 1. The normalized spacial score (nSPS) is 12.6. The quantitative estimate of drug-likeness (QED) is 0.596. The number of fused-ring (bicyclic) bond motifs is 1. The molecule has 0 fully saturated rings. The second-order valence-electron chi connectivity index (χ2n) is 4.52. The molecule has 18 heavy (non-hydrogen) atoms. The first kappa shape index (κ1) is 13.1. The lowest BCUT2D eigenvalue weighted by molar-refractivity contribution is 0.112. The molecular weight excluding hydrogens is 242 g/mol. The molecule has 0 N–H and O–H groups in total. The SMILES string of the molecule is CCC(C)CSc1nc2ccccc2cc1C=O. The Balaban J connectivity index is 2.33. The van der Waals surface area contributed by atoms with Gasteiger partial charge in [-0.3, -0.25) is 4.79 Å². The number of nitrogens with zero attached hydrogens (tertiary/aromatic N) is 1. The average Bonchev–Trinajstić information content (AvgIpc) is 2.43. The molecule has 3 heteroatoms. The van der Waals surface area contributed by atoms with Gasteiger partial charge in [-0.25, -0.2) is 4.98 Å². The fourth-order valence-electron chi connectivity index (χ4n) is 1.65. The van der Waals surface area contributed by atoms with Crippen LogP contribution in [0.2, 0.25) is 0 Å². The number of hydrogen-bond donors (Lipinski definition) is 0. The molecule has 2 rings (SSSR count). The van der Waals surface area contributed by atoms with Crippen LogP contribution in [0.25, 0.3) is 10.9 Å². The molecule has 0 aliphatic rings. The molecule has 0 aliphatic heterocycles. The molecule has 0 saturated heterocycles. The first-order chi connectivity index (χ1) is 8.74. The van der Waals surface area contributed by atoms with Gasteiger partial charge in [0, 0.05) is 16.7 Å². The van der Waals surface area contributed by atoms with Crippen LogP contribution >= 0.6 is 11.8 Å². The molecule has 1 aromatic heterocycles. The zero-order chi connectivity index (χ0) is 13.0. The van der Waals surface area contributed by atoms with Gasteiger partial charge in [-0.05, 0) is 18.1 Å². The van der Waals surface area contributed by atoms with Crippen molar-refractivity contribution in [3.8, 4) is 0 Å². The van der Waals surface area contributed by atoms with Gasteiger partial charge in [0.15, 0.2) is 6.29 Å². The van der Waals surface area contributed by atoms with Crippen LogP contribution in [-0.4, -0.2) is 17.0 Å². The Morgan fingerprint density at radius 1 is 1.39 bits per heavy atom. The predicted octanol–water partition coefficient (Wildman–Crippen LogP) is 4.19. The van der Waals surface area contributed by atoms with Gasteiger partial charge in [-0.2, -0.15) is 0 Å². The molecule has 1 heterocycles. The average molecular weight is 259 g/mol. The number of carbonyl (C=O) groups is 1. The van der Waals surface area contributed by atoms with Crippen LogP contribution < -0.4 is 0 Å². The molecule has 0 amide bonds. The second kappa shape index (κ2) is 6.01. The van der Waals surface area contributed by atoms with E-state index < -0.39 is 0 Å². The fraction of sp³-hybridized carbons (Fsp3) is 0.333. The molecule has 2 aromatic rings. The van der Waals surface area contributed by atoms with Gasteiger partial charge in [-0.1, -0.05) is 38.5 Å². The number of aromatic nitrogens is 1. The monoisotopic (exact) mass is 259 g/mol. The van der Waals surface area contributed by atoms with E-state index in [-0.39, 0.29) is 0 Å². The zero-order valence-electron chi connectivity index (χ0n) is 10.7. The van der Waals surface area contributed by atoms with Crippen molar-refractivity contribution in [3.63, 3.8) is 0 Å². The van der Waals surface area contributed by atoms with Gasteiger partial charge in [0.05, 0.1) is 5.52 Å². The van der Waals surface area contributed by atoms with E-state index in [0.29, 0.717) is 11.5 Å². The minimum Gasteiger partial charge on any atom is -0.298 e. The second-order valence-corrected chi connectivity index (χ2v) is 5.53. The summed E-state index contributed by atoms with van der Waals surface area (Å²) in [5, 5.41) is 1.87. The standard InChI is InChI=1S/C15H17NOS/c1-3-11(2)10-18-15-13(9-17)8-12-6-4-5-7-14(12)16-15/h4-9,11H,3,10H2,1-2H3. The van der Waals surface area contributed by atoms with Crippen molar-refractivity contribution in [3.05, 3.63) is 35.9 Å². The van der Waals surface area contributed by atoms with Gasteiger partial charge < -0.3 is 0 Å². The summed E-state index contributed by atoms with van der Waals surface area (Å²) in [6.45, 7) is 4.40. The van der Waals surface area contributed by atoms with Crippen molar-refractivity contribution >= 4 is 29.0 Å². The predicted molar refractivity (Wildman–Crippen MR) is 77.3 cm³/mol. The van der Waals surface area contributed by atoms with Crippen LogP contribution in [0.4, 0.5) is 0 Å². The van der Waals surface area contributed by atoms with Crippen LogP contribution in [0.5, 0.6) is 0 Å². The van der Waals surface area contributed by atoms with E-state index in [2.05, 4.69) is 18.8 Å². The van der Waals surface area contributed by atoms with E-state index in [1.807, 2.05) is 30.3 Å². The molecule has 1 unspecified atom stereocenters. The summed E-state index contributed by atoms with van der Waals surface area (Å²) < 4.78 is 0. The molecule has 1 aromatic carbocycles. The zero-order valence-corrected chi connectivity index (χ0v) is 11.5. The number of thioether (sulfide) groups is 1. The van der Waals surface area contributed by atoms with E-state index in [0.717, 1.165) is 34.4 Å². The van der Waals surface area contributed by atoms with Gasteiger partial charge >= 0.3 is 0 Å². The third-order valence-electron chi connectivity index (χ3n) is 3.05. The highest BCUT2D eigenvalue weighted by Crippen LogP contribution is 2.26. The van der Waals surface area contributed by atoms with E-state index in [1.165, 1.54) is 0 Å². The Labute approximate surface area is 112 Å². The largest absolute Gasteiger partial charge is 0.298 e. The summed E-state index contributed by atoms with van der Waals surface area (Å²) in [5.74, 6) is 1.64. The Kier molecular flexibility index (Phi) is 4.37. The highest BCUT2D eigenvalue weighted by atomic mass is 32.2. The summed E-state index contributed by atoms with van der Waals surface area (Å²) >= 11 is 1.68. The minimum atomic E-state index is 0.641. The Morgan fingerprint density at radius 3 is 2.89 bits per heavy atom. The number of rotatable bonds is 5. The number of hydrogen-bond acceptors (Lipinski definition) is 3. The molecule has 0 aliphatic carbocycles. The van der Waals surface area contributed by atoms with Crippen LogP contribution in [0, 0.1) is 5.92 Å². The Morgan fingerprint density at radius 2 is 2.17 bits per heavy atom. The summed E-state index contributed by atoms with van der Waals surface area (Å²) in [6.07, 6.45) is 2.05. The lowest BCUT2D eigenvalue weighted by Gasteiger charge is -2.09. The lowest BCUT2D eigenvalue weighted by atomic mass is 10.2. The number of carbonyl (C=O) groups excluding carboxylic acids is 1. The third kappa shape index (κ3) is 2.91. The van der Waals surface area contributed by atoms with E-state index in [9.17, 15) is 4.79 Å². The Hall–Kier alpha value is -1.35. The van der Waals surface area contributed by atoms with Crippen molar-refractivity contribution in [1.29, 1.82) is 0 Å². The topological polar surface area (TPSA) is 30.0 Å². The maximum atomic E-state index is 11.1. The van der Waals surface area contributed by atoms with Crippen molar-refractivity contribution in [2.75, 3.05) is 5.75 Å². The van der Waals surface area contributed by atoms with Crippen LogP contribution in [0.1, 0.15) is 30.6 Å². The van der Waals surface area contributed by atoms with Crippen molar-refractivity contribution < 1.29 is 4.79 Å². The van der Waals surface area contributed by atoms with Crippen molar-refractivity contribution in [2.45, 2.75) is 25.3 Å². The maximum absolute atomic E-state index is 11.1. The van der Waals surface area contributed by atoms with Gasteiger partial charge in [0.2, 0.25) is 0 Å². The number of para-hydroxylation sites is 1. The number of pyridine rings is 1. The van der Waals surface area contributed by atoms with Crippen molar-refractivity contribution in [2.24, 2.45) is 5.92 Å². The molecule has 0 radical (unpaired) electrons. The van der Waals surface area contributed by atoms with Crippen LogP contribution in [-0.2, 0) is 0 Å². The van der Waals surface area contributed by atoms with Crippen LogP contribution in [0.15, 0.2) is 35.4 Å². The highest BCUT2D eigenvalue weighted by molar-refractivity contribution is 7.99. The molecule has 2 nitrogen and oxygen atoms in total. The molecule has 0 saturated carbocycles. The molecule has 0 bridgehead atoms. The first-order valence-electron chi connectivity index (χ1n) is 6.22. The lowest BCUT2D eigenvalue weighted by Crippen LogP contribution is -1.98. The fourth-order valence-corrected chi connectivity index (χ4v) is 2.77. The van der Waals surface area contributed by atoms with E-state index in [4.69, 9.17) is 0 Å². The highest BCUT2D eigenvalue weighted by Gasteiger charge is 2.08. The molecular formula is C15H17NOS. The smallest absolute Gasteiger partial charge is 0.152 e. The van der Waals surface area contributed by atoms with Gasteiger partial charge in [-0.15, -0.1) is 11.8 Å². The first-order valence-corrected chi connectivity index (χ1v) is 7.21. The van der Waals surface area contributed by atoms with Gasteiger partial charge in [0.1, 0.15) is 5.03 Å². The van der Waals surface area contributed by atoms with Crippen molar-refractivity contribution in [1.82, 2.24) is 4.98 Å². The summed E-state index contributed by atoms with van der Waals surface area (Å²) in [4.78, 5) is 15.7. The minimum absolute atomic E-state index is 0.641. The molecule has 94 valence electrons. The summed E-state index contributed by atoms with van der Waals surface area (Å²) in [6, 6.07) is 9.83. The van der Waals surface area contributed by atoms with Gasteiger partial charge in [0.25, 0.3) is 0 Å². The third-order valence-corrected chi connectivity index (χ3v) is 4.38. The Bertz CT molecular complexity index is 553. The summed E-state index contributed by atoms with van der Waals surface area (Å²) in [5.41, 5.74) is 1.65. The molecule has 1 atom stereocenters. The van der Waals surface area contributed by atoms with E-state index in [1.54, 1.807) is 11.8 Å². The maximum Gasteiger partial charge on any atom is 0.152 e. The van der Waals surface area contributed by atoms with E-state index >= 15 is 0 Å².